The van der Waals surface area contributed by atoms with Crippen LogP contribution in [0.1, 0.15) is 36.9 Å². The van der Waals surface area contributed by atoms with Crippen LogP contribution in [-0.4, -0.2) is 16.9 Å². The molecule has 2 atom stereocenters. The second kappa shape index (κ2) is 7.81. The molecule has 0 aliphatic heterocycles. The van der Waals surface area contributed by atoms with E-state index in [0.29, 0.717) is 18.2 Å². The lowest BCUT2D eigenvalue weighted by atomic mass is 9.99. The summed E-state index contributed by atoms with van der Waals surface area (Å²) in [6, 6.07) is 5.98. The number of anilines is 1. The van der Waals surface area contributed by atoms with E-state index in [0.717, 1.165) is 41.8 Å². The van der Waals surface area contributed by atoms with Crippen molar-refractivity contribution in [3.8, 4) is 11.5 Å². The first-order valence-corrected chi connectivity index (χ1v) is 8.11. The van der Waals surface area contributed by atoms with Gasteiger partial charge < -0.3 is 15.5 Å². The highest BCUT2D eigenvalue weighted by molar-refractivity contribution is 5.92. The van der Waals surface area contributed by atoms with Gasteiger partial charge in [0.15, 0.2) is 0 Å². The highest BCUT2D eigenvalue weighted by Crippen LogP contribution is 2.28. The summed E-state index contributed by atoms with van der Waals surface area (Å²) in [5.41, 5.74) is 9.56. The Labute approximate surface area is 148 Å². The van der Waals surface area contributed by atoms with Gasteiger partial charge in [-0.05, 0) is 50.3 Å². The Hall–Kier alpha value is -1.85. The van der Waals surface area contributed by atoms with Gasteiger partial charge in [0.1, 0.15) is 6.26 Å². The van der Waals surface area contributed by atoms with Gasteiger partial charge in [-0.25, -0.2) is 4.98 Å². The summed E-state index contributed by atoms with van der Waals surface area (Å²) >= 11 is 0. The molecule has 5 nitrogen and oxygen atoms in total. The summed E-state index contributed by atoms with van der Waals surface area (Å²) in [6.07, 6.45) is 5.30. The molecule has 0 radical (unpaired) electrons. The van der Waals surface area contributed by atoms with Crippen LogP contribution in [0.3, 0.4) is 0 Å². The molecule has 0 spiro atoms. The molecule has 0 bridgehead atoms. The number of nitrogens with two attached hydrogens (primary N) is 1. The molecule has 1 fully saturated rings. The van der Waals surface area contributed by atoms with Gasteiger partial charge in [0, 0.05) is 23.7 Å². The number of rotatable bonds is 4. The smallest absolute Gasteiger partial charge is 0.226 e. The fraction of sp³-hybridized carbons (Fsp3) is 0.444. The highest BCUT2D eigenvalue weighted by Gasteiger charge is 2.26. The van der Waals surface area contributed by atoms with E-state index >= 15 is 0 Å². The number of oxazole rings is 1. The minimum absolute atomic E-state index is 0. The van der Waals surface area contributed by atoms with Crippen molar-refractivity contribution in [2.24, 2.45) is 11.7 Å². The van der Waals surface area contributed by atoms with Crippen LogP contribution in [0.5, 0.6) is 0 Å². The van der Waals surface area contributed by atoms with Crippen LogP contribution in [0.25, 0.3) is 11.5 Å². The van der Waals surface area contributed by atoms with Crippen molar-refractivity contribution in [1.82, 2.24) is 4.98 Å². The average Bonchev–Trinajstić information content (AvgIpc) is 3.11. The van der Waals surface area contributed by atoms with E-state index in [4.69, 9.17) is 10.2 Å². The van der Waals surface area contributed by atoms with Crippen LogP contribution in [0.2, 0.25) is 0 Å². The minimum Gasteiger partial charge on any atom is -0.444 e. The maximum absolute atomic E-state index is 12.3. The van der Waals surface area contributed by atoms with E-state index in [1.54, 1.807) is 6.26 Å². The van der Waals surface area contributed by atoms with Crippen molar-refractivity contribution in [3.63, 3.8) is 0 Å². The largest absolute Gasteiger partial charge is 0.444 e. The molecule has 1 heterocycles. The molecule has 24 heavy (non-hydrogen) atoms. The maximum Gasteiger partial charge on any atom is 0.226 e. The van der Waals surface area contributed by atoms with Gasteiger partial charge in [0.25, 0.3) is 0 Å². The lowest BCUT2D eigenvalue weighted by molar-refractivity contribution is -0.117. The van der Waals surface area contributed by atoms with Gasteiger partial charge in [0.2, 0.25) is 11.8 Å². The number of carbonyl (C=O) groups is 1. The van der Waals surface area contributed by atoms with Crippen LogP contribution >= 0.6 is 12.4 Å². The molecule has 1 amide bonds. The summed E-state index contributed by atoms with van der Waals surface area (Å²) in [4.78, 5) is 16.6. The Kier molecular flexibility index (Phi) is 6.02. The summed E-state index contributed by atoms with van der Waals surface area (Å²) in [5.74, 6) is 0.889. The number of hydrogen-bond donors (Lipinski definition) is 2. The van der Waals surface area contributed by atoms with Gasteiger partial charge >= 0.3 is 0 Å². The Morgan fingerprint density at radius 1 is 1.38 bits per heavy atom. The molecular formula is C18H24ClN3O2. The molecule has 1 aliphatic rings. The molecule has 2 aromatic rings. The number of nitrogens with zero attached hydrogens (tertiary/aromatic N) is 1. The van der Waals surface area contributed by atoms with E-state index in [9.17, 15) is 4.79 Å². The molecule has 3 N–H and O–H groups in total. The summed E-state index contributed by atoms with van der Waals surface area (Å²) in [6.45, 7) is 3.86. The molecule has 1 aromatic carbocycles. The van der Waals surface area contributed by atoms with Crippen molar-refractivity contribution in [3.05, 3.63) is 35.7 Å². The summed E-state index contributed by atoms with van der Waals surface area (Å²) < 4.78 is 5.43. The Morgan fingerprint density at radius 2 is 2.17 bits per heavy atom. The first kappa shape index (κ1) is 18.5. The number of aryl methyl sites for hydroxylation is 2. The Bertz CT molecular complexity index is 714. The average molecular weight is 350 g/mol. The van der Waals surface area contributed by atoms with Crippen LogP contribution in [0, 0.1) is 19.8 Å². The molecule has 130 valence electrons. The fourth-order valence-electron chi connectivity index (χ4n) is 3.13. The Morgan fingerprint density at radius 3 is 2.79 bits per heavy atom. The molecule has 0 saturated heterocycles. The number of hydrogen-bond acceptors (Lipinski definition) is 4. The normalized spacial score (nSPS) is 19.8. The SMILES string of the molecule is Cc1coc(-c2ccc(C)c(NC(=O)C[C@@H]3CCC[C@H]3N)c2)n1.Cl. The van der Waals surface area contributed by atoms with Crippen molar-refractivity contribution >= 4 is 24.0 Å². The minimum atomic E-state index is 0. The summed E-state index contributed by atoms with van der Waals surface area (Å²) in [5, 5.41) is 3.01. The Balaban J connectivity index is 0.00000208. The second-order valence-corrected chi connectivity index (χ2v) is 6.43. The number of aromatic nitrogens is 1. The van der Waals surface area contributed by atoms with E-state index < -0.39 is 0 Å². The van der Waals surface area contributed by atoms with E-state index in [-0.39, 0.29) is 24.4 Å². The third-order valence-electron chi connectivity index (χ3n) is 4.54. The van der Waals surface area contributed by atoms with Crippen LogP contribution in [0.4, 0.5) is 5.69 Å². The molecule has 0 unspecified atom stereocenters. The lowest BCUT2D eigenvalue weighted by Crippen LogP contribution is -2.28. The zero-order chi connectivity index (χ0) is 16.4. The number of nitrogens with one attached hydrogen (secondary N) is 1. The monoisotopic (exact) mass is 349 g/mol. The second-order valence-electron chi connectivity index (χ2n) is 6.43. The van der Waals surface area contributed by atoms with Gasteiger partial charge in [-0.1, -0.05) is 12.5 Å². The zero-order valence-corrected chi connectivity index (χ0v) is 14.9. The van der Waals surface area contributed by atoms with Gasteiger partial charge in [-0.2, -0.15) is 0 Å². The van der Waals surface area contributed by atoms with Crippen molar-refractivity contribution in [2.75, 3.05) is 5.32 Å². The van der Waals surface area contributed by atoms with E-state index in [1.165, 1.54) is 0 Å². The number of benzene rings is 1. The number of amides is 1. The maximum atomic E-state index is 12.3. The molecule has 1 aliphatic carbocycles. The highest BCUT2D eigenvalue weighted by atomic mass is 35.5. The quantitative estimate of drug-likeness (QED) is 0.878. The van der Waals surface area contributed by atoms with Crippen molar-refractivity contribution < 1.29 is 9.21 Å². The van der Waals surface area contributed by atoms with Gasteiger partial charge in [0.05, 0.1) is 5.69 Å². The predicted molar refractivity (Wildman–Crippen MR) is 97.2 cm³/mol. The van der Waals surface area contributed by atoms with E-state index in [2.05, 4.69) is 10.3 Å². The number of halogens is 1. The molecule has 1 aromatic heterocycles. The van der Waals surface area contributed by atoms with Gasteiger partial charge in [-0.3, -0.25) is 4.79 Å². The van der Waals surface area contributed by atoms with E-state index in [1.807, 2.05) is 32.0 Å². The topological polar surface area (TPSA) is 81.2 Å². The van der Waals surface area contributed by atoms with Gasteiger partial charge in [-0.15, -0.1) is 12.4 Å². The standard InChI is InChI=1S/C18H23N3O2.ClH/c1-11-6-7-14(18-20-12(2)10-23-18)8-16(11)21-17(22)9-13-4-3-5-15(13)19;/h6-8,10,13,15H,3-5,9,19H2,1-2H3,(H,21,22);1H/t13-,15+;/m0./s1. The van der Waals surface area contributed by atoms with Crippen LogP contribution in [-0.2, 0) is 4.79 Å². The number of carbonyl (C=O) groups excluding carboxylic acids is 1. The van der Waals surface area contributed by atoms with Crippen LogP contribution in [0.15, 0.2) is 28.9 Å². The molecule has 3 rings (SSSR count). The van der Waals surface area contributed by atoms with Crippen molar-refractivity contribution in [1.29, 1.82) is 0 Å². The first-order valence-electron chi connectivity index (χ1n) is 8.11. The summed E-state index contributed by atoms with van der Waals surface area (Å²) in [7, 11) is 0. The lowest BCUT2D eigenvalue weighted by Gasteiger charge is -2.15. The molecular weight excluding hydrogens is 326 g/mol. The first-order chi connectivity index (χ1) is 11.0. The fourth-order valence-corrected chi connectivity index (χ4v) is 3.13. The third-order valence-corrected chi connectivity index (χ3v) is 4.54. The third kappa shape index (κ3) is 4.16. The predicted octanol–water partition coefficient (Wildman–Crippen LogP) is 3.84. The van der Waals surface area contributed by atoms with Crippen LogP contribution < -0.4 is 11.1 Å². The molecule has 6 heteroatoms. The zero-order valence-electron chi connectivity index (χ0n) is 14.0. The molecule has 1 saturated carbocycles. The van der Waals surface area contributed by atoms with Crippen molar-refractivity contribution in [2.45, 2.75) is 45.6 Å².